The average molecular weight is 390 g/mol. The molecule has 3 nitrogen and oxygen atoms in total. The Hall–Kier alpha value is -0.390. The Morgan fingerprint density at radius 1 is 1.37 bits per heavy atom. The molecule has 1 fully saturated rings. The number of amides is 1. The lowest BCUT2D eigenvalue weighted by Gasteiger charge is -2.39. The Bertz CT molecular complexity index is 479. The number of hydrogen-bond donors (Lipinski definition) is 0. The van der Waals surface area contributed by atoms with Crippen LogP contribution in [0.15, 0.2) is 27.1 Å². The van der Waals surface area contributed by atoms with Crippen molar-refractivity contribution in [2.45, 2.75) is 19.9 Å². The second-order valence-electron chi connectivity index (χ2n) is 4.85. The number of carbonyl (C=O) groups is 1. The second-order valence-corrected chi connectivity index (χ2v) is 6.62. The summed E-state index contributed by atoms with van der Waals surface area (Å²) in [5.41, 5.74) is 0.728. The molecular weight excluding hydrogens is 372 g/mol. The fourth-order valence-corrected chi connectivity index (χ4v) is 3.26. The molecule has 1 atom stereocenters. The van der Waals surface area contributed by atoms with E-state index >= 15 is 0 Å². The van der Waals surface area contributed by atoms with Gasteiger partial charge < -0.3 is 4.90 Å². The molecule has 5 heteroatoms. The topological polar surface area (TPSA) is 23.6 Å². The summed E-state index contributed by atoms with van der Waals surface area (Å²) < 4.78 is 1.78. The van der Waals surface area contributed by atoms with E-state index in [0.717, 1.165) is 40.7 Å². The van der Waals surface area contributed by atoms with Gasteiger partial charge in [-0.05, 0) is 47.6 Å². The largest absolute Gasteiger partial charge is 0.336 e. The molecule has 1 heterocycles. The number of carbonyl (C=O) groups excluding carboxylic acids is 1. The van der Waals surface area contributed by atoms with Gasteiger partial charge >= 0.3 is 0 Å². The normalized spacial score (nSPS) is 20.6. The predicted molar refractivity (Wildman–Crippen MR) is 84.5 cm³/mol. The van der Waals surface area contributed by atoms with Crippen LogP contribution in [0.2, 0.25) is 0 Å². The maximum absolute atomic E-state index is 12.6. The van der Waals surface area contributed by atoms with Crippen LogP contribution in [0.25, 0.3) is 0 Å². The van der Waals surface area contributed by atoms with Crippen LogP contribution in [0.4, 0.5) is 0 Å². The molecule has 1 aromatic carbocycles. The van der Waals surface area contributed by atoms with Crippen LogP contribution in [0.5, 0.6) is 0 Å². The molecule has 1 unspecified atom stereocenters. The molecule has 0 spiro atoms. The lowest BCUT2D eigenvalue weighted by molar-refractivity contribution is 0.0527. The van der Waals surface area contributed by atoms with Crippen LogP contribution in [0.3, 0.4) is 0 Å². The van der Waals surface area contributed by atoms with Gasteiger partial charge in [0, 0.05) is 34.6 Å². The van der Waals surface area contributed by atoms with E-state index in [-0.39, 0.29) is 5.91 Å². The zero-order valence-electron chi connectivity index (χ0n) is 11.2. The van der Waals surface area contributed by atoms with Crippen molar-refractivity contribution in [3.8, 4) is 0 Å². The number of nitrogens with zero attached hydrogens (tertiary/aromatic N) is 2. The highest BCUT2D eigenvalue weighted by Gasteiger charge is 2.27. The standard InChI is InChI=1S/C14H18Br2N2O/c1-3-17-6-7-18(9-10(17)2)14(19)12-8-11(15)4-5-13(12)16/h4-5,8,10H,3,6-7,9H2,1-2H3. The van der Waals surface area contributed by atoms with Crippen molar-refractivity contribution in [1.29, 1.82) is 0 Å². The first kappa shape index (κ1) is 15.0. The summed E-state index contributed by atoms with van der Waals surface area (Å²) in [5, 5.41) is 0. The van der Waals surface area contributed by atoms with Gasteiger partial charge in [-0.15, -0.1) is 0 Å². The van der Waals surface area contributed by atoms with Crippen molar-refractivity contribution >= 4 is 37.8 Å². The molecule has 104 valence electrons. The van der Waals surface area contributed by atoms with E-state index in [2.05, 4.69) is 50.6 Å². The molecule has 0 bridgehead atoms. The summed E-state index contributed by atoms with van der Waals surface area (Å²) in [6, 6.07) is 6.14. The molecule has 1 saturated heterocycles. The molecule has 0 aliphatic carbocycles. The fraction of sp³-hybridized carbons (Fsp3) is 0.500. The fourth-order valence-electron chi connectivity index (χ4n) is 2.48. The lowest BCUT2D eigenvalue weighted by Crippen LogP contribution is -2.53. The van der Waals surface area contributed by atoms with Gasteiger partial charge in [0.25, 0.3) is 5.91 Å². The van der Waals surface area contributed by atoms with Gasteiger partial charge in [0.05, 0.1) is 5.56 Å². The van der Waals surface area contributed by atoms with Gasteiger partial charge in [-0.25, -0.2) is 0 Å². The maximum atomic E-state index is 12.6. The zero-order valence-corrected chi connectivity index (χ0v) is 14.4. The average Bonchev–Trinajstić information content (AvgIpc) is 2.40. The molecule has 1 aliphatic heterocycles. The summed E-state index contributed by atoms with van der Waals surface area (Å²) in [4.78, 5) is 16.9. The predicted octanol–water partition coefficient (Wildman–Crippen LogP) is 3.38. The first-order chi connectivity index (χ1) is 9.02. The number of halogens is 2. The molecule has 0 aromatic heterocycles. The smallest absolute Gasteiger partial charge is 0.255 e. The minimum absolute atomic E-state index is 0.107. The van der Waals surface area contributed by atoms with E-state index in [1.807, 2.05) is 23.1 Å². The monoisotopic (exact) mass is 388 g/mol. The quantitative estimate of drug-likeness (QED) is 0.774. The van der Waals surface area contributed by atoms with Crippen molar-refractivity contribution in [1.82, 2.24) is 9.80 Å². The minimum atomic E-state index is 0.107. The molecule has 0 N–H and O–H groups in total. The molecular formula is C14H18Br2N2O. The van der Waals surface area contributed by atoms with Crippen molar-refractivity contribution in [3.05, 3.63) is 32.7 Å². The van der Waals surface area contributed by atoms with Crippen LogP contribution in [-0.4, -0.2) is 47.9 Å². The SMILES string of the molecule is CCN1CCN(C(=O)c2cc(Br)ccc2Br)CC1C. The number of hydrogen-bond acceptors (Lipinski definition) is 2. The first-order valence-corrected chi connectivity index (χ1v) is 8.10. The number of rotatable bonds is 2. The third kappa shape index (κ3) is 3.38. The van der Waals surface area contributed by atoms with Gasteiger partial charge in [0.15, 0.2) is 0 Å². The van der Waals surface area contributed by atoms with E-state index in [1.54, 1.807) is 0 Å². The van der Waals surface area contributed by atoms with Crippen LogP contribution in [0.1, 0.15) is 24.2 Å². The van der Waals surface area contributed by atoms with Gasteiger partial charge in [-0.1, -0.05) is 22.9 Å². The Balaban J connectivity index is 2.14. The molecule has 19 heavy (non-hydrogen) atoms. The summed E-state index contributed by atoms with van der Waals surface area (Å²) in [7, 11) is 0. The lowest BCUT2D eigenvalue weighted by atomic mass is 10.1. The molecule has 1 aromatic rings. The minimum Gasteiger partial charge on any atom is -0.336 e. The molecule has 0 saturated carbocycles. The van der Waals surface area contributed by atoms with Gasteiger partial charge in [0.2, 0.25) is 0 Å². The van der Waals surface area contributed by atoms with Gasteiger partial charge in [0.1, 0.15) is 0 Å². The van der Waals surface area contributed by atoms with E-state index in [0.29, 0.717) is 6.04 Å². The van der Waals surface area contributed by atoms with Crippen LogP contribution >= 0.6 is 31.9 Å². The third-order valence-electron chi connectivity index (χ3n) is 3.62. The van der Waals surface area contributed by atoms with Gasteiger partial charge in [-0.2, -0.15) is 0 Å². The van der Waals surface area contributed by atoms with E-state index in [4.69, 9.17) is 0 Å². The second kappa shape index (κ2) is 6.37. The Kier molecular flexibility index (Phi) is 5.03. The van der Waals surface area contributed by atoms with E-state index in [1.165, 1.54) is 0 Å². The van der Waals surface area contributed by atoms with E-state index < -0.39 is 0 Å². The Labute approximate surface area is 131 Å². The number of piperazine rings is 1. The Morgan fingerprint density at radius 2 is 2.11 bits per heavy atom. The summed E-state index contributed by atoms with van der Waals surface area (Å²) in [6.45, 7) is 7.94. The number of benzene rings is 1. The summed E-state index contributed by atoms with van der Waals surface area (Å²) in [6.07, 6.45) is 0. The highest BCUT2D eigenvalue weighted by molar-refractivity contribution is 9.11. The van der Waals surface area contributed by atoms with Crippen molar-refractivity contribution in [3.63, 3.8) is 0 Å². The molecule has 1 aliphatic rings. The van der Waals surface area contributed by atoms with Gasteiger partial charge in [-0.3, -0.25) is 9.69 Å². The molecule has 0 radical (unpaired) electrons. The zero-order chi connectivity index (χ0) is 14.0. The summed E-state index contributed by atoms with van der Waals surface area (Å²) in [5.74, 6) is 0.107. The van der Waals surface area contributed by atoms with Crippen molar-refractivity contribution in [2.75, 3.05) is 26.2 Å². The Morgan fingerprint density at radius 3 is 2.74 bits per heavy atom. The van der Waals surface area contributed by atoms with Crippen molar-refractivity contribution < 1.29 is 4.79 Å². The van der Waals surface area contributed by atoms with Crippen LogP contribution in [-0.2, 0) is 0 Å². The summed E-state index contributed by atoms with van der Waals surface area (Å²) >= 11 is 6.88. The number of likely N-dealkylation sites (N-methyl/N-ethyl adjacent to an activating group) is 1. The third-order valence-corrected chi connectivity index (χ3v) is 4.80. The van der Waals surface area contributed by atoms with Crippen LogP contribution in [0, 0.1) is 0 Å². The molecule has 1 amide bonds. The first-order valence-electron chi connectivity index (χ1n) is 6.51. The highest BCUT2D eigenvalue weighted by Crippen LogP contribution is 2.24. The van der Waals surface area contributed by atoms with Crippen LogP contribution < -0.4 is 0 Å². The van der Waals surface area contributed by atoms with E-state index in [9.17, 15) is 4.79 Å². The van der Waals surface area contributed by atoms with Crippen molar-refractivity contribution in [2.24, 2.45) is 0 Å². The maximum Gasteiger partial charge on any atom is 0.255 e. The highest BCUT2D eigenvalue weighted by atomic mass is 79.9. The molecule has 2 rings (SSSR count).